The molecule has 0 atom stereocenters. The number of benzene rings is 2. The first-order valence-corrected chi connectivity index (χ1v) is 6.63. The number of ether oxygens (including phenoxy) is 1. The summed E-state index contributed by atoms with van der Waals surface area (Å²) in [6, 6.07) is 13.1. The van der Waals surface area contributed by atoms with Gasteiger partial charge in [-0.2, -0.15) is 0 Å². The summed E-state index contributed by atoms with van der Waals surface area (Å²) in [5.41, 5.74) is 9.18. The molecule has 0 aliphatic carbocycles. The zero-order valence-electron chi connectivity index (χ0n) is 12.1. The number of amides is 1. The Morgan fingerprint density at radius 3 is 2.67 bits per heavy atom. The number of hydrogen-bond acceptors (Lipinski definition) is 4. The number of nitrogens with two attached hydrogens (primary N) is 1. The van der Waals surface area contributed by atoms with E-state index in [1.54, 1.807) is 13.2 Å². The molecule has 4 N–H and O–H groups in total. The Morgan fingerprint density at radius 1 is 1.24 bits per heavy atom. The van der Waals surface area contributed by atoms with Gasteiger partial charge >= 0.3 is 0 Å². The van der Waals surface area contributed by atoms with E-state index in [4.69, 9.17) is 10.5 Å². The first-order valence-electron chi connectivity index (χ1n) is 6.63. The van der Waals surface area contributed by atoms with Crippen LogP contribution >= 0.6 is 0 Å². The van der Waals surface area contributed by atoms with Crippen LogP contribution < -0.4 is 21.1 Å². The fraction of sp³-hybridized carbons (Fsp3) is 0.188. The van der Waals surface area contributed by atoms with Gasteiger partial charge in [-0.3, -0.25) is 4.79 Å². The highest BCUT2D eigenvalue weighted by atomic mass is 16.5. The summed E-state index contributed by atoms with van der Waals surface area (Å²) in [4.78, 5) is 11.1. The molecule has 0 saturated carbocycles. The van der Waals surface area contributed by atoms with Crippen LogP contribution in [0.5, 0.6) is 5.75 Å². The van der Waals surface area contributed by atoms with E-state index in [2.05, 4.69) is 10.6 Å². The minimum Gasteiger partial charge on any atom is -0.495 e. The fourth-order valence-electron chi connectivity index (χ4n) is 2.01. The third-order valence-corrected chi connectivity index (χ3v) is 3.04. The topological polar surface area (TPSA) is 76.4 Å². The number of nitrogens with one attached hydrogen (secondary N) is 2. The fourth-order valence-corrected chi connectivity index (χ4v) is 2.01. The molecule has 110 valence electrons. The Morgan fingerprint density at radius 2 is 2.00 bits per heavy atom. The first-order chi connectivity index (χ1) is 10.1. The maximum Gasteiger partial charge on any atom is 0.221 e. The molecule has 0 bridgehead atoms. The number of hydrogen-bond donors (Lipinski definition) is 3. The summed E-state index contributed by atoms with van der Waals surface area (Å²) >= 11 is 0. The van der Waals surface area contributed by atoms with Gasteiger partial charge in [0.1, 0.15) is 5.75 Å². The lowest BCUT2D eigenvalue weighted by molar-refractivity contribution is -0.114. The van der Waals surface area contributed by atoms with Gasteiger partial charge in [0.2, 0.25) is 5.91 Å². The molecular weight excluding hydrogens is 266 g/mol. The molecule has 5 nitrogen and oxygen atoms in total. The average Bonchev–Trinajstić information content (AvgIpc) is 2.46. The van der Waals surface area contributed by atoms with Crippen LogP contribution in [0.4, 0.5) is 17.1 Å². The minimum absolute atomic E-state index is 0.113. The third kappa shape index (κ3) is 3.89. The number of carbonyl (C=O) groups is 1. The average molecular weight is 285 g/mol. The van der Waals surface area contributed by atoms with Crippen molar-refractivity contribution in [2.45, 2.75) is 13.5 Å². The van der Waals surface area contributed by atoms with Crippen molar-refractivity contribution in [3.8, 4) is 5.75 Å². The van der Waals surface area contributed by atoms with Gasteiger partial charge in [-0.05, 0) is 29.8 Å². The summed E-state index contributed by atoms with van der Waals surface area (Å²) in [6.07, 6.45) is 0. The molecule has 0 saturated heterocycles. The van der Waals surface area contributed by atoms with Gasteiger partial charge in [0.05, 0.1) is 12.8 Å². The minimum atomic E-state index is -0.113. The van der Waals surface area contributed by atoms with Crippen molar-refractivity contribution >= 4 is 23.0 Å². The molecule has 2 rings (SSSR count). The molecule has 2 aromatic carbocycles. The summed E-state index contributed by atoms with van der Waals surface area (Å²) in [5.74, 6) is 0.594. The first kappa shape index (κ1) is 14.7. The van der Waals surface area contributed by atoms with Crippen LogP contribution in [-0.2, 0) is 11.3 Å². The van der Waals surface area contributed by atoms with E-state index in [1.165, 1.54) is 6.92 Å². The zero-order valence-corrected chi connectivity index (χ0v) is 12.1. The molecule has 2 aromatic rings. The second kappa shape index (κ2) is 6.65. The molecule has 0 heterocycles. The van der Waals surface area contributed by atoms with Crippen molar-refractivity contribution in [1.29, 1.82) is 0 Å². The van der Waals surface area contributed by atoms with Gasteiger partial charge < -0.3 is 21.1 Å². The number of para-hydroxylation sites is 1. The van der Waals surface area contributed by atoms with E-state index in [0.717, 1.165) is 16.9 Å². The van der Waals surface area contributed by atoms with E-state index < -0.39 is 0 Å². The lowest BCUT2D eigenvalue weighted by Crippen LogP contribution is -2.08. The highest BCUT2D eigenvalue weighted by Gasteiger charge is 2.06. The van der Waals surface area contributed by atoms with Crippen molar-refractivity contribution in [3.63, 3.8) is 0 Å². The van der Waals surface area contributed by atoms with Crippen molar-refractivity contribution in [2.24, 2.45) is 0 Å². The molecule has 21 heavy (non-hydrogen) atoms. The Hall–Kier alpha value is -2.69. The van der Waals surface area contributed by atoms with Crippen LogP contribution in [0.1, 0.15) is 12.5 Å². The number of anilines is 3. The molecule has 0 spiro atoms. The van der Waals surface area contributed by atoms with Crippen molar-refractivity contribution in [3.05, 3.63) is 48.0 Å². The van der Waals surface area contributed by atoms with Crippen molar-refractivity contribution in [2.75, 3.05) is 23.5 Å². The van der Waals surface area contributed by atoms with Gasteiger partial charge in [-0.1, -0.05) is 18.2 Å². The monoisotopic (exact) mass is 285 g/mol. The maximum atomic E-state index is 11.1. The maximum absolute atomic E-state index is 11.1. The number of rotatable bonds is 5. The number of nitrogen functional groups attached to an aromatic ring is 1. The SMILES string of the molecule is COc1ccc(NC(C)=O)cc1NCc1ccccc1N. The zero-order chi connectivity index (χ0) is 15.2. The molecule has 0 radical (unpaired) electrons. The van der Waals surface area contributed by atoms with E-state index in [-0.39, 0.29) is 5.91 Å². The van der Waals surface area contributed by atoms with Crippen molar-refractivity contribution < 1.29 is 9.53 Å². The highest BCUT2D eigenvalue weighted by molar-refractivity contribution is 5.89. The lowest BCUT2D eigenvalue weighted by Gasteiger charge is -2.14. The predicted molar refractivity (Wildman–Crippen MR) is 85.5 cm³/mol. The van der Waals surface area contributed by atoms with Gasteiger partial charge in [-0.15, -0.1) is 0 Å². The second-order valence-corrected chi connectivity index (χ2v) is 4.65. The van der Waals surface area contributed by atoms with Crippen LogP contribution in [0, 0.1) is 0 Å². The van der Waals surface area contributed by atoms with Gasteiger partial charge in [0.15, 0.2) is 0 Å². The molecular formula is C16H19N3O2. The Bertz CT molecular complexity index is 641. The summed E-state index contributed by atoms with van der Waals surface area (Å²) in [5, 5.41) is 6.03. The van der Waals surface area contributed by atoms with Gasteiger partial charge in [0, 0.05) is 24.8 Å². The van der Waals surface area contributed by atoms with Gasteiger partial charge in [0.25, 0.3) is 0 Å². The molecule has 0 unspecified atom stereocenters. The normalized spacial score (nSPS) is 10.0. The molecule has 0 aliphatic heterocycles. The quantitative estimate of drug-likeness (QED) is 0.738. The summed E-state index contributed by atoms with van der Waals surface area (Å²) < 4.78 is 5.32. The van der Waals surface area contributed by atoms with E-state index in [1.807, 2.05) is 36.4 Å². The molecule has 5 heteroatoms. The van der Waals surface area contributed by atoms with Crippen LogP contribution in [0.3, 0.4) is 0 Å². The largest absolute Gasteiger partial charge is 0.495 e. The summed E-state index contributed by atoms with van der Waals surface area (Å²) in [6.45, 7) is 2.05. The van der Waals surface area contributed by atoms with Crippen LogP contribution in [-0.4, -0.2) is 13.0 Å². The second-order valence-electron chi connectivity index (χ2n) is 4.65. The highest BCUT2D eigenvalue weighted by Crippen LogP contribution is 2.28. The van der Waals surface area contributed by atoms with E-state index in [9.17, 15) is 4.79 Å². The smallest absolute Gasteiger partial charge is 0.221 e. The summed E-state index contributed by atoms with van der Waals surface area (Å²) in [7, 11) is 1.61. The van der Waals surface area contributed by atoms with E-state index >= 15 is 0 Å². The van der Waals surface area contributed by atoms with Gasteiger partial charge in [-0.25, -0.2) is 0 Å². The number of methoxy groups -OCH3 is 1. The number of carbonyl (C=O) groups excluding carboxylic acids is 1. The van der Waals surface area contributed by atoms with Crippen LogP contribution in [0.25, 0.3) is 0 Å². The predicted octanol–water partition coefficient (Wildman–Crippen LogP) is 2.85. The molecule has 0 fully saturated rings. The standard InChI is InChI=1S/C16H19N3O2/c1-11(20)19-13-7-8-16(21-2)15(9-13)18-10-12-5-3-4-6-14(12)17/h3-9,18H,10,17H2,1-2H3,(H,19,20). The van der Waals surface area contributed by atoms with Crippen LogP contribution in [0.15, 0.2) is 42.5 Å². The lowest BCUT2D eigenvalue weighted by atomic mass is 10.1. The molecule has 1 amide bonds. The molecule has 0 aliphatic rings. The Kier molecular flexibility index (Phi) is 4.66. The molecule has 0 aromatic heterocycles. The van der Waals surface area contributed by atoms with Crippen molar-refractivity contribution in [1.82, 2.24) is 0 Å². The Balaban J connectivity index is 2.17. The van der Waals surface area contributed by atoms with E-state index in [0.29, 0.717) is 18.0 Å². The Labute approximate surface area is 124 Å². The van der Waals surface area contributed by atoms with Crippen LogP contribution in [0.2, 0.25) is 0 Å². The third-order valence-electron chi connectivity index (χ3n) is 3.04.